The third-order valence-corrected chi connectivity index (χ3v) is 6.24. The normalized spacial score (nSPS) is 15.6. The van der Waals surface area contributed by atoms with Gasteiger partial charge in [0.15, 0.2) is 0 Å². The average Bonchev–Trinajstić information content (AvgIpc) is 3.23. The molecule has 0 bridgehead atoms. The summed E-state index contributed by atoms with van der Waals surface area (Å²) in [5.74, 6) is -0.517. The van der Waals surface area contributed by atoms with E-state index in [2.05, 4.69) is 9.72 Å². The molecule has 0 saturated carbocycles. The minimum absolute atomic E-state index is 0.0544. The third-order valence-electron chi connectivity index (χ3n) is 6.24. The molecule has 0 aliphatic carbocycles. The van der Waals surface area contributed by atoms with E-state index < -0.39 is 12.5 Å². The maximum Gasteiger partial charge on any atom is 0.388 e. The number of hydrogen-bond donors (Lipinski definition) is 4. The number of anilines is 2. The van der Waals surface area contributed by atoms with Gasteiger partial charge < -0.3 is 31.9 Å². The molecule has 1 atom stereocenters. The van der Waals surface area contributed by atoms with E-state index >= 15 is 0 Å². The number of halogens is 2. The highest BCUT2D eigenvalue weighted by Gasteiger charge is 2.24. The third kappa shape index (κ3) is 4.83. The van der Waals surface area contributed by atoms with Crippen LogP contribution in [0, 0.1) is 13.8 Å². The molecular weight excluding hydrogens is 456 g/mol. The molecule has 0 unspecified atom stereocenters. The molecule has 7 N–H and O–H groups in total. The lowest BCUT2D eigenvalue weighted by Gasteiger charge is -2.20. The Hall–Kier alpha value is -3.92. The minimum atomic E-state index is -3.06. The standard InChI is InChI=1S/C25H27F2N5O3/c1-12-3-4-19(33)13(2)22(12)17-7-14(8-18(23(17)29)24(30)34)15-9-20(32-6-5-16(28)11-32)31-21(10-15)35-25(26)27/h3-4,7-10,16,25,33H,5-6,11,28-29H2,1-2H3,(H2,30,34)/t16-/m1/s1. The number of benzene rings is 2. The first-order valence-corrected chi connectivity index (χ1v) is 11.1. The monoisotopic (exact) mass is 483 g/mol. The van der Waals surface area contributed by atoms with Crippen molar-refractivity contribution >= 4 is 17.4 Å². The second kappa shape index (κ2) is 9.38. The first-order valence-electron chi connectivity index (χ1n) is 11.1. The van der Waals surface area contributed by atoms with Crippen molar-refractivity contribution in [3.8, 4) is 33.9 Å². The number of amides is 1. The lowest BCUT2D eigenvalue weighted by atomic mass is 9.89. The van der Waals surface area contributed by atoms with Gasteiger partial charge in [0.05, 0.1) is 11.3 Å². The number of carbonyl (C=O) groups is 1. The summed E-state index contributed by atoms with van der Waals surface area (Å²) in [5.41, 5.74) is 21.7. The molecule has 35 heavy (non-hydrogen) atoms. The SMILES string of the molecule is Cc1ccc(O)c(C)c1-c1cc(-c2cc(OC(F)F)nc(N3CC[C@@H](N)C3)c2)cc(C(N)=O)c1N. The lowest BCUT2D eigenvalue weighted by Crippen LogP contribution is -2.27. The largest absolute Gasteiger partial charge is 0.508 e. The zero-order valence-electron chi connectivity index (χ0n) is 19.4. The molecule has 1 aliphatic rings. The van der Waals surface area contributed by atoms with Crippen molar-refractivity contribution in [1.82, 2.24) is 4.98 Å². The van der Waals surface area contributed by atoms with Crippen molar-refractivity contribution < 1.29 is 23.4 Å². The molecule has 2 aromatic carbocycles. The fraction of sp³-hybridized carbons (Fsp3) is 0.280. The second-order valence-corrected chi connectivity index (χ2v) is 8.68. The number of nitrogen functional groups attached to an aromatic ring is 1. The zero-order valence-corrected chi connectivity index (χ0v) is 19.4. The smallest absolute Gasteiger partial charge is 0.388 e. The zero-order chi connectivity index (χ0) is 25.4. The van der Waals surface area contributed by atoms with Crippen molar-refractivity contribution in [3.05, 3.63) is 53.1 Å². The average molecular weight is 484 g/mol. The molecular formula is C25H27F2N5O3. The fourth-order valence-corrected chi connectivity index (χ4v) is 4.45. The van der Waals surface area contributed by atoms with E-state index in [4.69, 9.17) is 17.2 Å². The lowest BCUT2D eigenvalue weighted by molar-refractivity contribution is -0.0527. The van der Waals surface area contributed by atoms with Crippen LogP contribution in [-0.4, -0.2) is 41.7 Å². The molecule has 10 heteroatoms. The molecule has 1 fully saturated rings. The summed E-state index contributed by atoms with van der Waals surface area (Å²) >= 11 is 0. The number of aromatic nitrogens is 1. The number of primary amides is 1. The highest BCUT2D eigenvalue weighted by atomic mass is 19.3. The molecule has 0 spiro atoms. The predicted octanol–water partition coefficient (Wildman–Crippen LogP) is 3.56. The summed E-state index contributed by atoms with van der Waals surface area (Å²) in [5, 5.41) is 10.3. The van der Waals surface area contributed by atoms with Gasteiger partial charge in [-0.1, -0.05) is 6.07 Å². The molecule has 1 amide bonds. The van der Waals surface area contributed by atoms with Gasteiger partial charge in [0, 0.05) is 30.8 Å². The number of phenols is 1. The quantitative estimate of drug-likeness (QED) is 0.393. The van der Waals surface area contributed by atoms with Crippen LogP contribution in [0.2, 0.25) is 0 Å². The van der Waals surface area contributed by atoms with E-state index in [1.807, 2.05) is 11.8 Å². The molecule has 2 heterocycles. The van der Waals surface area contributed by atoms with Crippen LogP contribution < -0.4 is 26.8 Å². The van der Waals surface area contributed by atoms with Crippen molar-refractivity contribution in [2.75, 3.05) is 23.7 Å². The van der Waals surface area contributed by atoms with Crippen LogP contribution in [-0.2, 0) is 0 Å². The summed E-state index contributed by atoms with van der Waals surface area (Å²) in [6.45, 7) is 1.67. The molecule has 4 rings (SSSR count). The maximum atomic E-state index is 13.1. The number of alkyl halides is 2. The molecule has 3 aromatic rings. The van der Waals surface area contributed by atoms with Gasteiger partial charge in [0.1, 0.15) is 11.6 Å². The Labute approximate surface area is 201 Å². The Balaban J connectivity index is 1.95. The minimum Gasteiger partial charge on any atom is -0.508 e. The van der Waals surface area contributed by atoms with Gasteiger partial charge in [-0.05, 0) is 72.4 Å². The number of nitrogens with zero attached hydrogens (tertiary/aromatic N) is 2. The highest BCUT2D eigenvalue weighted by Crippen LogP contribution is 2.40. The van der Waals surface area contributed by atoms with Crippen LogP contribution in [0.4, 0.5) is 20.3 Å². The van der Waals surface area contributed by atoms with Gasteiger partial charge in [-0.3, -0.25) is 4.79 Å². The van der Waals surface area contributed by atoms with Crippen LogP contribution >= 0.6 is 0 Å². The van der Waals surface area contributed by atoms with Crippen LogP contribution in [0.1, 0.15) is 27.9 Å². The van der Waals surface area contributed by atoms with Gasteiger partial charge >= 0.3 is 6.61 Å². The fourth-order valence-electron chi connectivity index (χ4n) is 4.45. The topological polar surface area (TPSA) is 141 Å². The molecule has 0 radical (unpaired) electrons. The molecule has 1 saturated heterocycles. The number of pyridine rings is 1. The summed E-state index contributed by atoms with van der Waals surface area (Å²) < 4.78 is 30.7. The van der Waals surface area contributed by atoms with E-state index in [-0.39, 0.29) is 28.9 Å². The maximum absolute atomic E-state index is 13.1. The van der Waals surface area contributed by atoms with Gasteiger partial charge in [-0.15, -0.1) is 0 Å². The van der Waals surface area contributed by atoms with Crippen LogP contribution in [0.5, 0.6) is 11.6 Å². The summed E-state index contributed by atoms with van der Waals surface area (Å²) in [6.07, 6.45) is 0.741. The number of aromatic hydroxyl groups is 1. The van der Waals surface area contributed by atoms with Crippen molar-refractivity contribution in [2.45, 2.75) is 32.9 Å². The number of rotatable bonds is 6. The second-order valence-electron chi connectivity index (χ2n) is 8.68. The van der Waals surface area contributed by atoms with Gasteiger partial charge in [-0.2, -0.15) is 13.8 Å². The predicted molar refractivity (Wildman–Crippen MR) is 131 cm³/mol. The van der Waals surface area contributed by atoms with Crippen LogP contribution in [0.3, 0.4) is 0 Å². The molecule has 184 valence electrons. The Morgan fingerprint density at radius 2 is 1.91 bits per heavy atom. The Morgan fingerprint density at radius 1 is 1.20 bits per heavy atom. The molecule has 1 aromatic heterocycles. The summed E-state index contributed by atoms with van der Waals surface area (Å²) in [6, 6.07) is 9.59. The van der Waals surface area contributed by atoms with Crippen LogP contribution in [0.15, 0.2) is 36.4 Å². The number of ether oxygens (including phenoxy) is 1. The number of carbonyl (C=O) groups excluding carboxylic acids is 1. The molecule has 1 aliphatic heterocycles. The van der Waals surface area contributed by atoms with E-state index in [0.29, 0.717) is 46.7 Å². The number of hydrogen-bond acceptors (Lipinski definition) is 7. The number of aryl methyl sites for hydroxylation is 1. The molecule has 8 nitrogen and oxygen atoms in total. The van der Waals surface area contributed by atoms with Gasteiger partial charge in [-0.25, -0.2) is 0 Å². The van der Waals surface area contributed by atoms with Gasteiger partial charge in [0.25, 0.3) is 5.91 Å². The highest BCUT2D eigenvalue weighted by molar-refractivity contribution is 6.04. The van der Waals surface area contributed by atoms with E-state index in [9.17, 15) is 18.7 Å². The summed E-state index contributed by atoms with van der Waals surface area (Å²) in [7, 11) is 0. The van der Waals surface area contributed by atoms with Crippen molar-refractivity contribution in [3.63, 3.8) is 0 Å². The first kappa shape index (κ1) is 24.2. The van der Waals surface area contributed by atoms with E-state index in [1.165, 1.54) is 12.1 Å². The first-order chi connectivity index (χ1) is 16.5. The summed E-state index contributed by atoms with van der Waals surface area (Å²) in [4.78, 5) is 18.4. The number of nitrogens with two attached hydrogens (primary N) is 3. The van der Waals surface area contributed by atoms with E-state index in [0.717, 1.165) is 12.0 Å². The number of phenolic OH excluding ortho intramolecular Hbond substituents is 1. The van der Waals surface area contributed by atoms with Crippen molar-refractivity contribution in [1.29, 1.82) is 0 Å². The van der Waals surface area contributed by atoms with E-state index in [1.54, 1.807) is 31.2 Å². The Bertz CT molecular complexity index is 1300. The van der Waals surface area contributed by atoms with Crippen LogP contribution in [0.25, 0.3) is 22.3 Å². The van der Waals surface area contributed by atoms with Gasteiger partial charge in [0.2, 0.25) is 5.88 Å². The Morgan fingerprint density at radius 3 is 2.54 bits per heavy atom. The van der Waals surface area contributed by atoms with Crippen molar-refractivity contribution in [2.24, 2.45) is 11.5 Å². The Kier molecular flexibility index (Phi) is 6.49.